The van der Waals surface area contributed by atoms with Crippen LogP contribution in [0.4, 0.5) is 11.5 Å². The SMILES string of the molecule is C=CC(=O)N1CCC[C@@H](n2nc(-c3ccc(C(=O)Nc4ccccc4)cc3)c3c(N)ncc(-c4cnn(CCN(C)C)c4)c32)C1. The molecule has 11 nitrogen and oxygen atoms in total. The van der Waals surface area contributed by atoms with Gasteiger partial charge in [0.25, 0.3) is 5.91 Å². The van der Waals surface area contributed by atoms with Gasteiger partial charge < -0.3 is 20.9 Å². The molecule has 45 heavy (non-hydrogen) atoms. The zero-order chi connectivity index (χ0) is 31.5. The molecule has 1 aliphatic heterocycles. The number of para-hydroxylation sites is 1. The highest BCUT2D eigenvalue weighted by molar-refractivity contribution is 6.08. The van der Waals surface area contributed by atoms with Gasteiger partial charge in [0.05, 0.1) is 29.7 Å². The molecule has 0 spiro atoms. The van der Waals surface area contributed by atoms with Crippen molar-refractivity contribution in [1.29, 1.82) is 0 Å². The highest BCUT2D eigenvalue weighted by atomic mass is 16.2. The van der Waals surface area contributed by atoms with E-state index in [2.05, 4.69) is 26.9 Å². The minimum Gasteiger partial charge on any atom is -0.383 e. The van der Waals surface area contributed by atoms with Gasteiger partial charge in [-0.3, -0.25) is 19.0 Å². The Bertz CT molecular complexity index is 1840. The molecule has 4 heterocycles. The molecule has 1 saturated heterocycles. The molecule has 2 aromatic carbocycles. The Labute approximate surface area is 261 Å². The lowest BCUT2D eigenvalue weighted by Gasteiger charge is -2.32. The standard InChI is InChI=1S/C34H37N9O2/c1-4-29(44)41-16-8-11-27(22-41)43-32-28(25-19-37-42(21-25)18-17-40(2)3)20-36-33(35)30(32)31(39-43)23-12-14-24(15-13-23)34(45)38-26-9-6-5-7-10-26/h4-7,9-10,12-15,19-21,27H,1,8,11,16-18,22H2,2-3H3,(H2,35,36)(H,38,45)/t27-/m1/s1. The van der Waals surface area contributed by atoms with Gasteiger partial charge in [-0.1, -0.05) is 36.9 Å². The predicted molar refractivity (Wildman–Crippen MR) is 177 cm³/mol. The normalized spacial score (nSPS) is 15.0. The number of aromatic nitrogens is 5. The summed E-state index contributed by atoms with van der Waals surface area (Å²) in [7, 11) is 4.06. The summed E-state index contributed by atoms with van der Waals surface area (Å²) in [5, 5.41) is 13.4. The Balaban J connectivity index is 1.43. The molecule has 1 fully saturated rings. The summed E-state index contributed by atoms with van der Waals surface area (Å²) in [6, 6.07) is 16.6. The summed E-state index contributed by atoms with van der Waals surface area (Å²) in [5.41, 5.74) is 11.9. The maximum atomic E-state index is 12.9. The van der Waals surface area contributed by atoms with Crippen LogP contribution in [0.5, 0.6) is 0 Å². The third-order valence-corrected chi connectivity index (χ3v) is 8.16. The van der Waals surface area contributed by atoms with E-state index in [1.807, 2.05) is 83.2 Å². The van der Waals surface area contributed by atoms with Gasteiger partial charge in [-0.25, -0.2) is 4.98 Å². The summed E-state index contributed by atoms with van der Waals surface area (Å²) >= 11 is 0. The molecule has 1 atom stereocenters. The van der Waals surface area contributed by atoms with E-state index in [-0.39, 0.29) is 17.9 Å². The molecule has 0 radical (unpaired) electrons. The molecule has 230 valence electrons. The van der Waals surface area contributed by atoms with Crippen molar-refractivity contribution in [2.24, 2.45) is 0 Å². The van der Waals surface area contributed by atoms with Crippen LogP contribution in [0.3, 0.4) is 0 Å². The van der Waals surface area contributed by atoms with Crippen LogP contribution in [0.25, 0.3) is 33.3 Å². The topological polar surface area (TPSA) is 127 Å². The third-order valence-electron chi connectivity index (χ3n) is 8.16. The van der Waals surface area contributed by atoms with Crippen molar-refractivity contribution in [3.8, 4) is 22.4 Å². The van der Waals surface area contributed by atoms with Crippen molar-refractivity contribution in [3.05, 3.63) is 91.4 Å². The fourth-order valence-corrected chi connectivity index (χ4v) is 5.79. The van der Waals surface area contributed by atoms with Crippen molar-refractivity contribution in [2.75, 3.05) is 44.8 Å². The first-order valence-electron chi connectivity index (χ1n) is 15.0. The van der Waals surface area contributed by atoms with E-state index in [9.17, 15) is 9.59 Å². The zero-order valence-electron chi connectivity index (χ0n) is 25.6. The Morgan fingerprint density at radius 3 is 2.60 bits per heavy atom. The molecule has 3 N–H and O–H groups in total. The van der Waals surface area contributed by atoms with Gasteiger partial charge in [-0.2, -0.15) is 10.2 Å². The van der Waals surface area contributed by atoms with Crippen molar-refractivity contribution >= 4 is 34.2 Å². The van der Waals surface area contributed by atoms with Gasteiger partial charge in [0.2, 0.25) is 5.91 Å². The molecule has 0 aliphatic carbocycles. The lowest BCUT2D eigenvalue weighted by Crippen LogP contribution is -2.40. The number of amides is 2. The molecule has 6 rings (SSSR count). The Kier molecular flexibility index (Phi) is 8.43. The Hall–Kier alpha value is -5.29. The van der Waals surface area contributed by atoms with Gasteiger partial charge in [-0.15, -0.1) is 0 Å². The van der Waals surface area contributed by atoms with E-state index >= 15 is 0 Å². The largest absolute Gasteiger partial charge is 0.383 e. The van der Waals surface area contributed by atoms with Gasteiger partial charge in [0, 0.05) is 60.0 Å². The second kappa shape index (κ2) is 12.7. The van der Waals surface area contributed by atoms with Crippen molar-refractivity contribution in [1.82, 2.24) is 34.3 Å². The summed E-state index contributed by atoms with van der Waals surface area (Å²) in [6.45, 7) is 6.46. The summed E-state index contributed by atoms with van der Waals surface area (Å²) in [5.74, 6) is 0.0621. The smallest absolute Gasteiger partial charge is 0.255 e. The van der Waals surface area contributed by atoms with E-state index in [1.54, 1.807) is 18.3 Å². The van der Waals surface area contributed by atoms with Gasteiger partial charge in [0.1, 0.15) is 11.5 Å². The second-order valence-electron chi connectivity index (χ2n) is 11.6. The molecule has 0 unspecified atom stereocenters. The van der Waals surface area contributed by atoms with Crippen LogP contribution in [0.2, 0.25) is 0 Å². The fraction of sp³-hybridized carbons (Fsp3) is 0.265. The number of fused-ring (bicyclic) bond motifs is 1. The number of nitrogens with one attached hydrogen (secondary N) is 1. The van der Waals surface area contributed by atoms with Gasteiger partial charge >= 0.3 is 0 Å². The number of carbonyl (C=O) groups excluding carboxylic acids is 2. The maximum absolute atomic E-state index is 12.9. The number of nitrogen functional groups attached to an aromatic ring is 1. The molecule has 2 amide bonds. The number of benzene rings is 2. The third kappa shape index (κ3) is 6.20. The molecule has 0 saturated carbocycles. The molecule has 3 aromatic heterocycles. The molecular weight excluding hydrogens is 566 g/mol. The number of nitrogens with zero attached hydrogens (tertiary/aromatic N) is 7. The van der Waals surface area contributed by atoms with Crippen molar-refractivity contribution in [2.45, 2.75) is 25.4 Å². The maximum Gasteiger partial charge on any atom is 0.255 e. The number of rotatable bonds is 9. The Morgan fingerprint density at radius 1 is 1.09 bits per heavy atom. The molecular formula is C34H37N9O2. The minimum atomic E-state index is -0.202. The van der Waals surface area contributed by atoms with E-state index in [0.717, 1.165) is 59.2 Å². The first-order chi connectivity index (χ1) is 21.8. The van der Waals surface area contributed by atoms with Crippen LogP contribution in [-0.2, 0) is 11.3 Å². The van der Waals surface area contributed by atoms with Crippen LogP contribution in [0.15, 0.2) is 85.8 Å². The fourth-order valence-electron chi connectivity index (χ4n) is 5.79. The number of pyridine rings is 1. The second-order valence-corrected chi connectivity index (χ2v) is 11.6. The number of anilines is 2. The molecule has 1 aliphatic rings. The van der Waals surface area contributed by atoms with Gasteiger partial charge in [0.15, 0.2) is 0 Å². The molecule has 11 heteroatoms. The minimum absolute atomic E-state index is 0.0841. The Morgan fingerprint density at radius 2 is 1.87 bits per heavy atom. The van der Waals surface area contributed by atoms with Crippen molar-refractivity contribution < 1.29 is 9.59 Å². The zero-order valence-corrected chi connectivity index (χ0v) is 25.6. The highest BCUT2D eigenvalue weighted by Crippen LogP contribution is 2.39. The molecule has 5 aromatic rings. The average Bonchev–Trinajstić information content (AvgIpc) is 3.70. The van der Waals surface area contributed by atoms with Gasteiger partial charge in [-0.05, 0) is 57.3 Å². The van der Waals surface area contributed by atoms with Crippen LogP contribution in [0.1, 0.15) is 29.2 Å². The van der Waals surface area contributed by atoms with Crippen LogP contribution < -0.4 is 11.1 Å². The quantitative estimate of drug-likeness (QED) is 0.234. The first kappa shape index (κ1) is 29.8. The summed E-state index contributed by atoms with van der Waals surface area (Å²) in [6.07, 6.45) is 8.68. The average molecular weight is 604 g/mol. The number of likely N-dealkylation sites (tertiary alicyclic amines) is 1. The van der Waals surface area contributed by atoms with E-state index in [0.29, 0.717) is 30.2 Å². The molecule has 0 bridgehead atoms. The first-order valence-corrected chi connectivity index (χ1v) is 15.0. The number of nitrogens with two attached hydrogens (primary N) is 1. The number of likely N-dealkylation sites (N-methyl/N-ethyl adjacent to an activating group) is 1. The van der Waals surface area contributed by atoms with Crippen molar-refractivity contribution in [3.63, 3.8) is 0 Å². The monoisotopic (exact) mass is 603 g/mol. The highest BCUT2D eigenvalue weighted by Gasteiger charge is 2.29. The summed E-state index contributed by atoms with van der Waals surface area (Å²) in [4.78, 5) is 34.0. The van der Waals surface area contributed by atoms with Crippen LogP contribution in [0, 0.1) is 0 Å². The van der Waals surface area contributed by atoms with Crippen LogP contribution >= 0.6 is 0 Å². The number of hydrogen-bond acceptors (Lipinski definition) is 7. The number of carbonyl (C=O) groups is 2. The summed E-state index contributed by atoms with van der Waals surface area (Å²) < 4.78 is 3.93. The number of piperidine rings is 1. The lowest BCUT2D eigenvalue weighted by atomic mass is 10.0. The lowest BCUT2D eigenvalue weighted by molar-refractivity contribution is -0.127. The van der Waals surface area contributed by atoms with E-state index in [4.69, 9.17) is 10.8 Å². The van der Waals surface area contributed by atoms with Crippen LogP contribution in [-0.4, -0.2) is 79.9 Å². The predicted octanol–water partition coefficient (Wildman–Crippen LogP) is 4.71. The van der Waals surface area contributed by atoms with E-state index in [1.165, 1.54) is 6.08 Å². The van der Waals surface area contributed by atoms with E-state index < -0.39 is 0 Å². The number of hydrogen-bond donors (Lipinski definition) is 2.